The second-order valence-electron chi connectivity index (χ2n) is 1.92. The highest BCUT2D eigenvalue weighted by molar-refractivity contribution is 7.87. The maximum absolute atomic E-state index is 11.0. The largest absolute Gasteiger partial charge is 0.395 e. The van der Waals surface area contributed by atoms with Crippen LogP contribution in [0.1, 0.15) is 6.92 Å². The first-order valence-corrected chi connectivity index (χ1v) is 4.82. The number of hydrogen-bond donors (Lipinski definition) is 2. The van der Waals surface area contributed by atoms with E-state index in [-0.39, 0.29) is 13.2 Å². The molecular formula is C5H14N2O3S. The normalized spacial score (nSPS) is 12.4. The Bertz CT molecular complexity index is 190. The summed E-state index contributed by atoms with van der Waals surface area (Å²) < 4.78 is 25.4. The second-order valence-corrected chi connectivity index (χ2v) is 3.80. The Morgan fingerprint density at radius 3 is 2.36 bits per heavy atom. The first kappa shape index (κ1) is 10.8. The van der Waals surface area contributed by atoms with Gasteiger partial charge in [0.15, 0.2) is 0 Å². The van der Waals surface area contributed by atoms with Crippen molar-refractivity contribution in [2.24, 2.45) is 0 Å². The van der Waals surface area contributed by atoms with Gasteiger partial charge in [-0.2, -0.15) is 12.7 Å². The van der Waals surface area contributed by atoms with Gasteiger partial charge in [0.05, 0.1) is 6.61 Å². The van der Waals surface area contributed by atoms with E-state index < -0.39 is 10.2 Å². The summed E-state index contributed by atoms with van der Waals surface area (Å²) in [6.45, 7) is 2.06. The zero-order valence-corrected chi connectivity index (χ0v) is 7.56. The molecule has 0 aromatic carbocycles. The molecule has 0 aliphatic rings. The molecular weight excluding hydrogens is 168 g/mol. The van der Waals surface area contributed by atoms with Crippen molar-refractivity contribution in [3.05, 3.63) is 0 Å². The van der Waals surface area contributed by atoms with E-state index in [9.17, 15) is 8.42 Å². The highest BCUT2D eigenvalue weighted by Crippen LogP contribution is 1.94. The van der Waals surface area contributed by atoms with Gasteiger partial charge in [-0.1, -0.05) is 6.92 Å². The maximum Gasteiger partial charge on any atom is 0.279 e. The van der Waals surface area contributed by atoms with E-state index in [2.05, 4.69) is 4.72 Å². The van der Waals surface area contributed by atoms with Crippen LogP contribution in [0, 0.1) is 0 Å². The Labute approximate surface area is 67.2 Å². The van der Waals surface area contributed by atoms with E-state index in [0.717, 1.165) is 4.31 Å². The third-order valence-corrected chi connectivity index (χ3v) is 2.94. The SMILES string of the molecule is CCN(CCO)S(=O)(=O)NC. The lowest BCUT2D eigenvalue weighted by Crippen LogP contribution is -2.40. The predicted molar refractivity (Wildman–Crippen MR) is 42.3 cm³/mol. The molecule has 0 saturated heterocycles. The van der Waals surface area contributed by atoms with Crippen molar-refractivity contribution in [1.82, 2.24) is 9.03 Å². The number of likely N-dealkylation sites (N-methyl/N-ethyl adjacent to an activating group) is 1. The molecule has 0 aliphatic heterocycles. The molecule has 0 aliphatic carbocycles. The molecule has 0 spiro atoms. The topological polar surface area (TPSA) is 69.6 Å². The van der Waals surface area contributed by atoms with E-state index in [0.29, 0.717) is 6.54 Å². The zero-order valence-electron chi connectivity index (χ0n) is 6.74. The molecule has 0 heterocycles. The zero-order chi connectivity index (χ0) is 8.91. The fourth-order valence-corrected chi connectivity index (χ4v) is 1.61. The summed E-state index contributed by atoms with van der Waals surface area (Å²) in [7, 11) is -2.01. The third-order valence-electron chi connectivity index (χ3n) is 1.30. The van der Waals surface area contributed by atoms with E-state index in [1.807, 2.05) is 0 Å². The average molecular weight is 182 g/mol. The van der Waals surface area contributed by atoms with Gasteiger partial charge in [0.2, 0.25) is 0 Å². The van der Waals surface area contributed by atoms with Crippen LogP contribution in [0.5, 0.6) is 0 Å². The highest BCUT2D eigenvalue weighted by Gasteiger charge is 2.16. The minimum absolute atomic E-state index is 0.139. The number of rotatable bonds is 5. The summed E-state index contributed by atoms with van der Waals surface area (Å²) in [5.41, 5.74) is 0. The number of nitrogens with one attached hydrogen (secondary N) is 1. The van der Waals surface area contributed by atoms with E-state index >= 15 is 0 Å². The molecule has 6 heteroatoms. The van der Waals surface area contributed by atoms with E-state index in [1.54, 1.807) is 6.92 Å². The van der Waals surface area contributed by atoms with Crippen LogP contribution in [-0.2, 0) is 10.2 Å². The van der Waals surface area contributed by atoms with Crippen LogP contribution in [-0.4, -0.2) is 44.6 Å². The Morgan fingerprint density at radius 1 is 1.55 bits per heavy atom. The van der Waals surface area contributed by atoms with Crippen LogP contribution in [0.3, 0.4) is 0 Å². The first-order chi connectivity index (χ1) is 5.08. The fraction of sp³-hybridized carbons (Fsp3) is 1.00. The van der Waals surface area contributed by atoms with Crippen molar-refractivity contribution >= 4 is 10.2 Å². The van der Waals surface area contributed by atoms with Gasteiger partial charge < -0.3 is 5.11 Å². The molecule has 0 saturated carbocycles. The predicted octanol–water partition coefficient (Wildman–Crippen LogP) is -1.24. The number of hydrogen-bond acceptors (Lipinski definition) is 3. The summed E-state index contributed by atoms with van der Waals surface area (Å²) in [6, 6.07) is 0. The monoisotopic (exact) mass is 182 g/mol. The van der Waals surface area contributed by atoms with Crippen molar-refractivity contribution < 1.29 is 13.5 Å². The molecule has 0 rings (SSSR count). The number of nitrogens with zero attached hydrogens (tertiary/aromatic N) is 1. The molecule has 0 bridgehead atoms. The van der Waals surface area contributed by atoms with Crippen LogP contribution in [0.25, 0.3) is 0 Å². The van der Waals surface area contributed by atoms with Gasteiger partial charge in [-0.25, -0.2) is 4.72 Å². The average Bonchev–Trinajstić information content (AvgIpc) is 2.00. The molecule has 2 N–H and O–H groups in total. The molecule has 5 nitrogen and oxygen atoms in total. The summed E-state index contributed by atoms with van der Waals surface area (Å²) in [5.74, 6) is 0. The van der Waals surface area contributed by atoms with Crippen LogP contribution < -0.4 is 4.72 Å². The van der Waals surface area contributed by atoms with Crippen molar-refractivity contribution in [2.75, 3.05) is 26.7 Å². The van der Waals surface area contributed by atoms with Crippen LogP contribution in [0.4, 0.5) is 0 Å². The molecule has 68 valence electrons. The summed E-state index contributed by atoms with van der Waals surface area (Å²) in [5, 5.41) is 8.49. The molecule has 11 heavy (non-hydrogen) atoms. The van der Waals surface area contributed by atoms with Crippen LogP contribution >= 0.6 is 0 Å². The molecule has 0 unspecified atom stereocenters. The minimum atomic E-state index is -3.35. The Morgan fingerprint density at radius 2 is 2.09 bits per heavy atom. The van der Waals surface area contributed by atoms with Gasteiger partial charge in [0, 0.05) is 20.1 Å². The molecule has 0 atom stereocenters. The molecule has 0 amide bonds. The Kier molecular flexibility index (Phi) is 4.58. The highest BCUT2D eigenvalue weighted by atomic mass is 32.2. The Balaban J connectivity index is 4.25. The summed E-state index contributed by atoms with van der Waals surface area (Å²) >= 11 is 0. The number of aliphatic hydroxyl groups is 1. The third kappa shape index (κ3) is 3.15. The van der Waals surface area contributed by atoms with Gasteiger partial charge >= 0.3 is 0 Å². The summed E-state index contributed by atoms with van der Waals surface area (Å²) in [4.78, 5) is 0. The van der Waals surface area contributed by atoms with Crippen LogP contribution in [0.2, 0.25) is 0 Å². The van der Waals surface area contributed by atoms with E-state index in [1.165, 1.54) is 7.05 Å². The lowest BCUT2D eigenvalue weighted by Gasteiger charge is -2.17. The lowest BCUT2D eigenvalue weighted by molar-refractivity contribution is 0.256. The molecule has 0 aromatic heterocycles. The Hall–Kier alpha value is -0.170. The minimum Gasteiger partial charge on any atom is -0.395 e. The first-order valence-electron chi connectivity index (χ1n) is 3.38. The maximum atomic E-state index is 11.0. The van der Waals surface area contributed by atoms with E-state index in [4.69, 9.17) is 5.11 Å². The molecule has 0 fully saturated rings. The van der Waals surface area contributed by atoms with Gasteiger partial charge in [0.1, 0.15) is 0 Å². The summed E-state index contributed by atoms with van der Waals surface area (Å²) in [6.07, 6.45) is 0. The quantitative estimate of drug-likeness (QED) is 0.559. The van der Waals surface area contributed by atoms with Gasteiger partial charge in [-0.05, 0) is 0 Å². The molecule has 0 aromatic rings. The van der Waals surface area contributed by atoms with Gasteiger partial charge in [-0.3, -0.25) is 0 Å². The van der Waals surface area contributed by atoms with Crippen molar-refractivity contribution in [3.8, 4) is 0 Å². The van der Waals surface area contributed by atoms with Gasteiger partial charge in [0.25, 0.3) is 10.2 Å². The second kappa shape index (κ2) is 4.66. The molecule has 0 radical (unpaired) electrons. The lowest BCUT2D eigenvalue weighted by atomic mass is 10.6. The standard InChI is InChI=1S/C5H14N2O3S/c1-3-7(4-5-8)11(9,10)6-2/h6,8H,3-5H2,1-2H3. The van der Waals surface area contributed by atoms with Crippen molar-refractivity contribution in [3.63, 3.8) is 0 Å². The fourth-order valence-electron chi connectivity index (χ4n) is 0.689. The van der Waals surface area contributed by atoms with Crippen molar-refractivity contribution in [1.29, 1.82) is 0 Å². The van der Waals surface area contributed by atoms with Crippen LogP contribution in [0.15, 0.2) is 0 Å². The number of aliphatic hydroxyl groups excluding tert-OH is 1. The smallest absolute Gasteiger partial charge is 0.279 e. The van der Waals surface area contributed by atoms with Gasteiger partial charge in [-0.15, -0.1) is 0 Å². The van der Waals surface area contributed by atoms with Crippen molar-refractivity contribution in [2.45, 2.75) is 6.92 Å².